The molecule has 2 rings (SSSR count). The van der Waals surface area contributed by atoms with Crippen LogP contribution in [0, 0.1) is 0 Å². The van der Waals surface area contributed by atoms with E-state index in [0.29, 0.717) is 12.0 Å². The van der Waals surface area contributed by atoms with Crippen molar-refractivity contribution in [3.05, 3.63) is 29.3 Å². The molecule has 5 nitrogen and oxygen atoms in total. The lowest BCUT2D eigenvalue weighted by Gasteiger charge is -2.28. The maximum Gasteiger partial charge on any atom is 0.471 e. The van der Waals surface area contributed by atoms with Crippen molar-refractivity contribution in [1.29, 1.82) is 0 Å². The van der Waals surface area contributed by atoms with Gasteiger partial charge in [0, 0.05) is 18.8 Å². The molecule has 1 N–H and O–H groups in total. The second kappa shape index (κ2) is 5.30. The van der Waals surface area contributed by atoms with E-state index in [2.05, 4.69) is 0 Å². The Kier molecular flexibility index (Phi) is 3.98. The number of rotatable bonds is 2. The Bertz CT molecular complexity index is 671. The molecule has 0 aliphatic carbocycles. The molecule has 1 aromatic carbocycles. The summed E-state index contributed by atoms with van der Waals surface area (Å²) in [7, 11) is -3.44. The fraction of sp³-hybridized carbons (Fsp3) is 0.417. The molecule has 0 spiro atoms. The number of carbonyl (C=O) groups excluding carboxylic acids is 1. The van der Waals surface area contributed by atoms with Crippen LogP contribution in [0.15, 0.2) is 18.2 Å². The third kappa shape index (κ3) is 3.53. The first-order chi connectivity index (χ1) is 9.59. The Balaban J connectivity index is 2.33. The van der Waals surface area contributed by atoms with Crippen LogP contribution in [-0.4, -0.2) is 37.6 Å². The second-order valence-electron chi connectivity index (χ2n) is 4.74. The molecule has 1 heterocycles. The molecule has 0 unspecified atom stereocenters. The number of nitrogens with zero attached hydrogens (tertiary/aromatic N) is 1. The minimum absolute atomic E-state index is 0.0109. The molecule has 1 amide bonds. The number of amides is 1. The predicted molar refractivity (Wildman–Crippen MR) is 70.1 cm³/mol. The average molecular weight is 322 g/mol. The van der Waals surface area contributed by atoms with E-state index in [0.717, 1.165) is 11.8 Å². The Morgan fingerprint density at radius 2 is 2.00 bits per heavy atom. The zero-order chi connectivity index (χ0) is 15.8. The average Bonchev–Trinajstić information content (AvgIpc) is 2.36. The number of alkyl halides is 3. The summed E-state index contributed by atoms with van der Waals surface area (Å²) in [4.78, 5) is 11.0. The Hall–Kier alpha value is -1.61. The summed E-state index contributed by atoms with van der Waals surface area (Å²) in [6, 6.07) is 4.56. The van der Waals surface area contributed by atoms with Crippen molar-refractivity contribution < 1.29 is 26.4 Å². The van der Waals surface area contributed by atoms with Gasteiger partial charge in [0.25, 0.3) is 0 Å². The van der Waals surface area contributed by atoms with Crippen molar-refractivity contribution in [1.82, 2.24) is 4.31 Å². The quantitative estimate of drug-likeness (QED) is 0.897. The molecule has 0 bridgehead atoms. The summed E-state index contributed by atoms with van der Waals surface area (Å²) in [6.45, 7) is 0.213. The molecule has 21 heavy (non-hydrogen) atoms. The highest BCUT2D eigenvalue weighted by molar-refractivity contribution is 7.88. The van der Waals surface area contributed by atoms with Crippen LogP contribution in [0.1, 0.15) is 11.1 Å². The first kappa shape index (κ1) is 15.8. The number of benzene rings is 1. The highest BCUT2D eigenvalue weighted by Crippen LogP contribution is 2.28. The Morgan fingerprint density at radius 3 is 2.57 bits per heavy atom. The van der Waals surface area contributed by atoms with E-state index >= 15 is 0 Å². The molecule has 1 aromatic rings. The molecule has 116 valence electrons. The van der Waals surface area contributed by atoms with Crippen LogP contribution in [0.2, 0.25) is 0 Å². The van der Waals surface area contributed by atoms with E-state index in [4.69, 9.17) is 0 Å². The highest BCUT2D eigenvalue weighted by Gasteiger charge is 2.39. The van der Waals surface area contributed by atoms with E-state index in [-0.39, 0.29) is 18.8 Å². The van der Waals surface area contributed by atoms with Gasteiger partial charge in [0.05, 0.1) is 6.26 Å². The number of nitrogens with one attached hydrogen (secondary N) is 1. The predicted octanol–water partition coefficient (Wildman–Crippen LogP) is 1.51. The fourth-order valence-corrected chi connectivity index (χ4v) is 2.94. The van der Waals surface area contributed by atoms with Crippen molar-refractivity contribution in [3.8, 4) is 0 Å². The third-order valence-electron chi connectivity index (χ3n) is 3.21. The summed E-state index contributed by atoms with van der Waals surface area (Å²) in [5.74, 6) is -2.08. The van der Waals surface area contributed by atoms with Gasteiger partial charge in [0.2, 0.25) is 10.0 Å². The molecule has 9 heteroatoms. The summed E-state index contributed by atoms with van der Waals surface area (Å²) in [5.41, 5.74) is 1.12. The van der Waals surface area contributed by atoms with Gasteiger partial charge >= 0.3 is 12.1 Å². The van der Waals surface area contributed by atoms with Crippen LogP contribution in [0.5, 0.6) is 0 Å². The van der Waals surface area contributed by atoms with Gasteiger partial charge < -0.3 is 5.32 Å². The standard InChI is InChI=1S/C12H13F3N2O3S/c1-21(19,20)17-6-5-8-3-2-4-10(9(8)7-17)16-11(18)12(13,14)15/h2-4H,5-7H2,1H3,(H,16,18). The number of hydrogen-bond acceptors (Lipinski definition) is 3. The van der Waals surface area contributed by atoms with E-state index in [1.807, 2.05) is 0 Å². The molecular weight excluding hydrogens is 309 g/mol. The van der Waals surface area contributed by atoms with Crippen LogP contribution >= 0.6 is 0 Å². The van der Waals surface area contributed by atoms with Gasteiger partial charge in [-0.3, -0.25) is 4.79 Å². The molecule has 0 aromatic heterocycles. The van der Waals surface area contributed by atoms with Gasteiger partial charge in [-0.1, -0.05) is 12.1 Å². The van der Waals surface area contributed by atoms with Crippen molar-refractivity contribution in [2.45, 2.75) is 19.1 Å². The smallest absolute Gasteiger partial charge is 0.318 e. The van der Waals surface area contributed by atoms with E-state index in [1.165, 1.54) is 16.4 Å². The number of halogens is 3. The molecule has 1 aliphatic heterocycles. The molecule has 0 atom stereocenters. The van der Waals surface area contributed by atoms with Crippen LogP contribution in [0.25, 0.3) is 0 Å². The minimum Gasteiger partial charge on any atom is -0.318 e. The monoisotopic (exact) mass is 322 g/mol. The Morgan fingerprint density at radius 1 is 1.33 bits per heavy atom. The lowest BCUT2D eigenvalue weighted by atomic mass is 9.99. The van der Waals surface area contributed by atoms with Gasteiger partial charge in [0.1, 0.15) is 0 Å². The van der Waals surface area contributed by atoms with Crippen molar-refractivity contribution in [3.63, 3.8) is 0 Å². The molecule has 0 fully saturated rings. The number of hydrogen-bond donors (Lipinski definition) is 1. The summed E-state index contributed by atoms with van der Waals surface area (Å²) >= 11 is 0. The summed E-state index contributed by atoms with van der Waals surface area (Å²) in [5, 5.41) is 1.80. The third-order valence-corrected chi connectivity index (χ3v) is 4.46. The van der Waals surface area contributed by atoms with Crippen LogP contribution < -0.4 is 5.32 Å². The summed E-state index contributed by atoms with van der Waals surface area (Å²) in [6.07, 6.45) is -3.57. The largest absolute Gasteiger partial charge is 0.471 e. The number of carbonyl (C=O) groups is 1. The molecule has 0 radical (unpaired) electrons. The Labute approximate surface area is 119 Å². The van der Waals surface area contributed by atoms with Crippen LogP contribution in [0.4, 0.5) is 18.9 Å². The zero-order valence-corrected chi connectivity index (χ0v) is 11.9. The van der Waals surface area contributed by atoms with Gasteiger partial charge in [0.15, 0.2) is 0 Å². The lowest BCUT2D eigenvalue weighted by molar-refractivity contribution is -0.167. The number of anilines is 1. The van der Waals surface area contributed by atoms with Gasteiger partial charge in [-0.05, 0) is 23.6 Å². The van der Waals surface area contributed by atoms with E-state index in [9.17, 15) is 26.4 Å². The fourth-order valence-electron chi connectivity index (χ4n) is 2.15. The maximum absolute atomic E-state index is 12.3. The molecule has 0 saturated carbocycles. The zero-order valence-electron chi connectivity index (χ0n) is 11.1. The SMILES string of the molecule is CS(=O)(=O)N1CCc2cccc(NC(=O)C(F)(F)F)c2C1. The van der Waals surface area contributed by atoms with Crippen LogP contribution in [0.3, 0.4) is 0 Å². The van der Waals surface area contributed by atoms with Crippen molar-refractivity contribution in [2.75, 3.05) is 18.1 Å². The van der Waals surface area contributed by atoms with Crippen LogP contribution in [-0.2, 0) is 27.8 Å². The van der Waals surface area contributed by atoms with Gasteiger partial charge in [-0.25, -0.2) is 8.42 Å². The number of sulfonamides is 1. The summed E-state index contributed by atoms with van der Waals surface area (Å²) < 4.78 is 61.2. The normalized spacial score (nSPS) is 16.4. The molecular formula is C12H13F3N2O3S. The minimum atomic E-state index is -4.99. The van der Waals surface area contributed by atoms with E-state index in [1.54, 1.807) is 11.4 Å². The lowest BCUT2D eigenvalue weighted by Crippen LogP contribution is -2.36. The topological polar surface area (TPSA) is 66.5 Å². The first-order valence-corrected chi connectivity index (χ1v) is 7.88. The first-order valence-electron chi connectivity index (χ1n) is 6.03. The number of fused-ring (bicyclic) bond motifs is 1. The second-order valence-corrected chi connectivity index (χ2v) is 6.72. The van der Waals surface area contributed by atoms with Gasteiger partial charge in [-0.2, -0.15) is 17.5 Å². The highest BCUT2D eigenvalue weighted by atomic mass is 32.2. The van der Waals surface area contributed by atoms with E-state index < -0.39 is 22.1 Å². The maximum atomic E-state index is 12.3. The van der Waals surface area contributed by atoms with Crippen molar-refractivity contribution >= 4 is 21.6 Å². The molecule has 0 saturated heterocycles. The van der Waals surface area contributed by atoms with Crippen molar-refractivity contribution in [2.24, 2.45) is 0 Å². The van der Waals surface area contributed by atoms with Gasteiger partial charge in [-0.15, -0.1) is 0 Å². The molecule has 1 aliphatic rings.